The molecule has 4 aromatic rings. The number of methoxy groups -OCH3 is 1. The van der Waals surface area contributed by atoms with Crippen molar-refractivity contribution in [1.82, 2.24) is 15.3 Å². The summed E-state index contributed by atoms with van der Waals surface area (Å²) in [6.07, 6.45) is 4.75. The number of amides is 1. The van der Waals surface area contributed by atoms with Crippen LogP contribution in [-0.2, 0) is 6.54 Å². The number of hydrogen-bond donors (Lipinski definition) is 1. The largest absolute Gasteiger partial charge is 0.496 e. The number of ether oxygens (including phenoxy) is 2. The number of pyridine rings is 1. The zero-order chi connectivity index (χ0) is 20.8. The van der Waals surface area contributed by atoms with Gasteiger partial charge in [0, 0.05) is 47.2 Å². The lowest BCUT2D eigenvalue weighted by Crippen LogP contribution is -2.26. The van der Waals surface area contributed by atoms with Gasteiger partial charge in [-0.2, -0.15) is 0 Å². The molecule has 1 N–H and O–H groups in total. The van der Waals surface area contributed by atoms with Gasteiger partial charge in [0.2, 0.25) is 0 Å². The number of hydrogen-bond acceptors (Lipinski definition) is 6. The van der Waals surface area contributed by atoms with Crippen LogP contribution in [-0.4, -0.2) is 23.2 Å². The Kier molecular flexibility index (Phi) is 6.01. The van der Waals surface area contributed by atoms with Gasteiger partial charge in [-0.1, -0.05) is 30.3 Å². The van der Waals surface area contributed by atoms with E-state index in [1.807, 2.05) is 41.8 Å². The molecule has 0 saturated heterocycles. The van der Waals surface area contributed by atoms with Crippen LogP contribution in [0.15, 0.2) is 78.6 Å². The first-order valence-corrected chi connectivity index (χ1v) is 10.1. The van der Waals surface area contributed by atoms with E-state index >= 15 is 0 Å². The first-order chi connectivity index (χ1) is 14.7. The summed E-state index contributed by atoms with van der Waals surface area (Å²) >= 11 is 1.55. The SMILES string of the molecule is COc1ccc(OC(=O)NCc2ccccc2)cc1-c1cncc(-c2nccs2)c1. The predicted molar refractivity (Wildman–Crippen MR) is 117 cm³/mol. The van der Waals surface area contributed by atoms with Crippen molar-refractivity contribution < 1.29 is 14.3 Å². The van der Waals surface area contributed by atoms with Gasteiger partial charge < -0.3 is 14.8 Å². The Morgan fingerprint density at radius 3 is 2.67 bits per heavy atom. The number of carbonyl (C=O) groups excluding carboxylic acids is 1. The second-order valence-corrected chi connectivity index (χ2v) is 7.28. The number of nitrogens with one attached hydrogen (secondary N) is 1. The molecule has 0 unspecified atom stereocenters. The third-order valence-electron chi connectivity index (χ3n) is 4.39. The van der Waals surface area contributed by atoms with E-state index in [9.17, 15) is 4.79 Å². The lowest BCUT2D eigenvalue weighted by atomic mass is 10.0. The van der Waals surface area contributed by atoms with Gasteiger partial charge in [0.25, 0.3) is 0 Å². The number of carbonyl (C=O) groups is 1. The van der Waals surface area contributed by atoms with Crippen LogP contribution in [0.3, 0.4) is 0 Å². The van der Waals surface area contributed by atoms with Crippen molar-refractivity contribution in [3.63, 3.8) is 0 Å². The standard InChI is InChI=1S/C23H19N3O3S/c1-28-21-8-7-19(29-23(27)26-13-16-5-3-2-4-6-16)12-20(21)17-11-18(15-24-14-17)22-25-9-10-30-22/h2-12,14-15H,13H2,1H3,(H,26,27). The lowest BCUT2D eigenvalue weighted by Gasteiger charge is -2.12. The van der Waals surface area contributed by atoms with Gasteiger partial charge in [-0.05, 0) is 29.8 Å². The quantitative estimate of drug-likeness (QED) is 0.469. The Hall–Kier alpha value is -3.71. The predicted octanol–water partition coefficient (Wildman–Crippen LogP) is 5.17. The molecule has 0 atom stereocenters. The molecule has 0 radical (unpaired) electrons. The van der Waals surface area contributed by atoms with E-state index in [4.69, 9.17) is 9.47 Å². The topological polar surface area (TPSA) is 73.3 Å². The van der Waals surface area contributed by atoms with Gasteiger partial charge in [-0.3, -0.25) is 4.98 Å². The van der Waals surface area contributed by atoms with Gasteiger partial charge in [0.1, 0.15) is 16.5 Å². The monoisotopic (exact) mass is 417 g/mol. The number of aromatic nitrogens is 2. The third-order valence-corrected chi connectivity index (χ3v) is 5.21. The summed E-state index contributed by atoms with van der Waals surface area (Å²) in [6, 6.07) is 16.9. The minimum Gasteiger partial charge on any atom is -0.496 e. The van der Waals surface area contributed by atoms with Crippen molar-refractivity contribution in [2.75, 3.05) is 7.11 Å². The van der Waals surface area contributed by atoms with Gasteiger partial charge in [-0.15, -0.1) is 11.3 Å². The Morgan fingerprint density at radius 1 is 1.07 bits per heavy atom. The maximum atomic E-state index is 12.2. The van der Waals surface area contributed by atoms with Crippen LogP contribution in [0, 0.1) is 0 Å². The molecule has 0 aliphatic carbocycles. The Labute approximate surface area is 178 Å². The van der Waals surface area contributed by atoms with E-state index < -0.39 is 6.09 Å². The molecule has 2 heterocycles. The van der Waals surface area contributed by atoms with Crippen molar-refractivity contribution in [3.8, 4) is 33.2 Å². The molecule has 0 spiro atoms. The second-order valence-electron chi connectivity index (χ2n) is 6.39. The molecule has 150 valence electrons. The fourth-order valence-corrected chi connectivity index (χ4v) is 3.58. The van der Waals surface area contributed by atoms with Crippen LogP contribution < -0.4 is 14.8 Å². The summed E-state index contributed by atoms with van der Waals surface area (Å²) in [4.78, 5) is 20.9. The van der Waals surface area contributed by atoms with Crippen LogP contribution in [0.25, 0.3) is 21.7 Å². The van der Waals surface area contributed by atoms with E-state index in [0.29, 0.717) is 18.0 Å². The van der Waals surface area contributed by atoms with E-state index in [1.165, 1.54) is 0 Å². The third kappa shape index (κ3) is 4.64. The zero-order valence-electron chi connectivity index (χ0n) is 16.2. The van der Waals surface area contributed by atoms with E-state index in [-0.39, 0.29) is 0 Å². The molecule has 30 heavy (non-hydrogen) atoms. The highest BCUT2D eigenvalue weighted by atomic mass is 32.1. The molecule has 7 heteroatoms. The van der Waals surface area contributed by atoms with Crippen LogP contribution in [0.1, 0.15) is 5.56 Å². The molecular formula is C23H19N3O3S. The average Bonchev–Trinajstić information content (AvgIpc) is 3.34. The Bertz CT molecular complexity index is 1130. The maximum absolute atomic E-state index is 12.2. The molecular weight excluding hydrogens is 398 g/mol. The van der Waals surface area contributed by atoms with Gasteiger partial charge >= 0.3 is 6.09 Å². The number of benzene rings is 2. The molecule has 0 aliphatic rings. The first kappa shape index (κ1) is 19.6. The average molecular weight is 417 g/mol. The summed E-state index contributed by atoms with van der Waals surface area (Å²) in [7, 11) is 1.60. The molecule has 2 aromatic heterocycles. The van der Waals surface area contributed by atoms with Crippen molar-refractivity contribution in [2.45, 2.75) is 6.54 Å². The van der Waals surface area contributed by atoms with E-state index in [1.54, 1.807) is 55.2 Å². The van der Waals surface area contributed by atoms with Gasteiger partial charge in [0.15, 0.2) is 0 Å². The summed E-state index contributed by atoms with van der Waals surface area (Å²) in [5.41, 5.74) is 3.53. The highest BCUT2D eigenvalue weighted by Gasteiger charge is 2.12. The molecule has 0 bridgehead atoms. The molecule has 2 aromatic carbocycles. The molecule has 4 rings (SSSR count). The number of nitrogens with zero attached hydrogens (tertiary/aromatic N) is 2. The highest BCUT2D eigenvalue weighted by molar-refractivity contribution is 7.13. The van der Waals surface area contributed by atoms with Crippen LogP contribution in [0.2, 0.25) is 0 Å². The van der Waals surface area contributed by atoms with Crippen molar-refractivity contribution in [1.29, 1.82) is 0 Å². The highest BCUT2D eigenvalue weighted by Crippen LogP contribution is 2.35. The molecule has 0 aliphatic heterocycles. The summed E-state index contributed by atoms with van der Waals surface area (Å²) < 4.78 is 11.0. The van der Waals surface area contributed by atoms with Crippen LogP contribution in [0.5, 0.6) is 11.5 Å². The Morgan fingerprint density at radius 2 is 1.90 bits per heavy atom. The van der Waals surface area contributed by atoms with Gasteiger partial charge in [0.05, 0.1) is 7.11 Å². The second kappa shape index (κ2) is 9.19. The molecule has 0 saturated carbocycles. The minimum atomic E-state index is -0.523. The summed E-state index contributed by atoms with van der Waals surface area (Å²) in [5.74, 6) is 1.07. The molecule has 6 nitrogen and oxygen atoms in total. The minimum absolute atomic E-state index is 0.391. The zero-order valence-corrected chi connectivity index (χ0v) is 17.1. The molecule has 0 fully saturated rings. The van der Waals surface area contributed by atoms with Crippen molar-refractivity contribution in [3.05, 3.63) is 84.1 Å². The van der Waals surface area contributed by atoms with E-state index in [2.05, 4.69) is 15.3 Å². The summed E-state index contributed by atoms with van der Waals surface area (Å²) in [5, 5.41) is 5.56. The van der Waals surface area contributed by atoms with Gasteiger partial charge in [-0.25, -0.2) is 9.78 Å². The maximum Gasteiger partial charge on any atom is 0.412 e. The van der Waals surface area contributed by atoms with Crippen molar-refractivity contribution in [2.24, 2.45) is 0 Å². The number of rotatable bonds is 6. The van der Waals surface area contributed by atoms with Crippen molar-refractivity contribution >= 4 is 17.4 Å². The summed E-state index contributed by atoms with van der Waals surface area (Å²) in [6.45, 7) is 0.391. The molecule has 1 amide bonds. The van der Waals surface area contributed by atoms with E-state index in [0.717, 1.165) is 27.3 Å². The lowest BCUT2D eigenvalue weighted by molar-refractivity contribution is 0.200. The first-order valence-electron chi connectivity index (χ1n) is 9.26. The normalized spacial score (nSPS) is 10.4. The fraction of sp³-hybridized carbons (Fsp3) is 0.0870. The fourth-order valence-electron chi connectivity index (χ4n) is 2.96. The number of thiazole rings is 1. The van der Waals surface area contributed by atoms with Crippen LogP contribution >= 0.6 is 11.3 Å². The van der Waals surface area contributed by atoms with Crippen LogP contribution in [0.4, 0.5) is 4.79 Å². The Balaban J connectivity index is 1.54. The smallest absolute Gasteiger partial charge is 0.412 e.